The smallest absolute Gasteiger partial charge is 0.255 e. The summed E-state index contributed by atoms with van der Waals surface area (Å²) in [6.45, 7) is 0. The second-order valence-electron chi connectivity index (χ2n) is 3.97. The molecule has 0 aromatic heterocycles. The molecule has 1 N–H and O–H groups in total. The summed E-state index contributed by atoms with van der Waals surface area (Å²) in [5.74, 6) is -0.0824. The summed E-state index contributed by atoms with van der Waals surface area (Å²) < 4.78 is 0. The van der Waals surface area contributed by atoms with E-state index in [9.17, 15) is 4.79 Å². The van der Waals surface area contributed by atoms with Crippen LogP contribution in [0.3, 0.4) is 0 Å². The number of carbonyl (C=O) groups excluding carboxylic acids is 1. The Morgan fingerprint density at radius 2 is 1.84 bits per heavy atom. The van der Waals surface area contributed by atoms with Crippen molar-refractivity contribution in [2.75, 3.05) is 11.6 Å². The molecule has 2 aromatic carbocycles. The minimum absolute atomic E-state index is 0.0824. The highest BCUT2D eigenvalue weighted by atomic mass is 79.9. The number of carbonyl (C=O) groups is 1. The van der Waals surface area contributed by atoms with Crippen LogP contribution in [0.2, 0.25) is 0 Å². The van der Waals surface area contributed by atoms with Crippen LogP contribution in [0.25, 0.3) is 0 Å². The van der Waals surface area contributed by atoms with E-state index < -0.39 is 0 Å². The fourth-order valence-corrected chi connectivity index (χ4v) is 2.59. The number of anilines is 1. The quantitative estimate of drug-likeness (QED) is 0.655. The van der Waals surface area contributed by atoms with E-state index >= 15 is 0 Å². The summed E-state index contributed by atoms with van der Waals surface area (Å²) in [7, 11) is 0. The molecule has 1 amide bonds. The van der Waals surface area contributed by atoms with E-state index in [0.717, 1.165) is 21.5 Å². The number of nitrogens with one attached hydrogen (secondary N) is 1. The summed E-state index contributed by atoms with van der Waals surface area (Å²) in [6.07, 6.45) is 2.02. The van der Waals surface area contributed by atoms with Crippen molar-refractivity contribution >= 4 is 39.3 Å². The average Bonchev–Trinajstić information content (AvgIpc) is 2.48. The Labute approximate surface area is 125 Å². The van der Waals surface area contributed by atoms with Gasteiger partial charge in [0.05, 0.1) is 0 Å². The van der Waals surface area contributed by atoms with Crippen molar-refractivity contribution in [2.24, 2.45) is 0 Å². The van der Waals surface area contributed by atoms with Crippen LogP contribution in [-0.4, -0.2) is 12.2 Å². The monoisotopic (exact) mass is 335 g/mol. The lowest BCUT2D eigenvalue weighted by atomic mass is 10.1. The fourth-order valence-electron chi connectivity index (χ4n) is 1.70. The van der Waals surface area contributed by atoms with E-state index in [-0.39, 0.29) is 5.91 Å². The number of amides is 1. The van der Waals surface area contributed by atoms with Crippen LogP contribution in [0.15, 0.2) is 53.4 Å². The predicted octanol–water partition coefficient (Wildman–Crippen LogP) is 4.56. The first kappa shape index (κ1) is 14.2. The van der Waals surface area contributed by atoms with Crippen molar-refractivity contribution in [3.8, 4) is 0 Å². The van der Waals surface area contributed by atoms with Crippen LogP contribution < -0.4 is 5.32 Å². The molecule has 0 spiro atoms. The Kier molecular flexibility index (Phi) is 5.05. The third-order valence-electron chi connectivity index (χ3n) is 2.76. The molecule has 0 aliphatic carbocycles. The Bertz CT molecular complexity index is 569. The normalized spacial score (nSPS) is 10.2. The van der Waals surface area contributed by atoms with Gasteiger partial charge in [-0.1, -0.05) is 34.1 Å². The van der Waals surface area contributed by atoms with Crippen LogP contribution in [0.1, 0.15) is 15.9 Å². The summed E-state index contributed by atoms with van der Waals surface area (Å²) in [5.41, 5.74) is 2.58. The molecule has 0 fully saturated rings. The van der Waals surface area contributed by atoms with Crippen molar-refractivity contribution in [3.63, 3.8) is 0 Å². The maximum atomic E-state index is 12.1. The van der Waals surface area contributed by atoms with Gasteiger partial charge in [0.15, 0.2) is 0 Å². The van der Waals surface area contributed by atoms with Gasteiger partial charge in [-0.05, 0) is 42.2 Å². The molecule has 0 aliphatic heterocycles. The lowest BCUT2D eigenvalue weighted by molar-refractivity contribution is 0.102. The van der Waals surface area contributed by atoms with Crippen LogP contribution in [0, 0.1) is 0 Å². The molecule has 0 saturated heterocycles. The van der Waals surface area contributed by atoms with Gasteiger partial charge < -0.3 is 5.32 Å². The molecule has 0 saturated carbocycles. The predicted molar refractivity (Wildman–Crippen MR) is 85.2 cm³/mol. The van der Waals surface area contributed by atoms with E-state index in [2.05, 4.69) is 21.2 Å². The zero-order valence-electron chi connectivity index (χ0n) is 10.5. The molecule has 19 heavy (non-hydrogen) atoms. The molecular weight excluding hydrogens is 322 g/mol. The second-order valence-corrected chi connectivity index (χ2v) is 5.41. The largest absolute Gasteiger partial charge is 0.322 e. The van der Waals surface area contributed by atoms with Gasteiger partial charge in [-0.25, -0.2) is 0 Å². The van der Waals surface area contributed by atoms with Crippen molar-refractivity contribution in [1.82, 2.24) is 0 Å². The first-order valence-electron chi connectivity index (χ1n) is 5.84. The topological polar surface area (TPSA) is 29.1 Å². The van der Waals surface area contributed by atoms with Gasteiger partial charge in [-0.2, -0.15) is 0 Å². The standard InChI is InChI=1S/C15H14BrNOS/c1-19-13-8-6-11(7-9-13)15(18)17-14-5-3-2-4-12(14)10-16/h2-9H,10H2,1H3,(H,17,18). The summed E-state index contributed by atoms with van der Waals surface area (Å²) in [5, 5.41) is 3.66. The zero-order chi connectivity index (χ0) is 13.7. The highest BCUT2D eigenvalue weighted by molar-refractivity contribution is 9.08. The summed E-state index contributed by atoms with van der Waals surface area (Å²) in [6, 6.07) is 15.4. The number of para-hydroxylation sites is 1. The molecular formula is C15H14BrNOS. The second kappa shape index (κ2) is 6.78. The lowest BCUT2D eigenvalue weighted by Gasteiger charge is -2.09. The van der Waals surface area contributed by atoms with Crippen molar-refractivity contribution < 1.29 is 4.79 Å². The molecule has 0 heterocycles. The van der Waals surface area contributed by atoms with E-state index in [1.807, 2.05) is 54.8 Å². The third kappa shape index (κ3) is 3.61. The number of thioether (sulfide) groups is 1. The van der Waals surface area contributed by atoms with Gasteiger partial charge in [0, 0.05) is 21.5 Å². The minimum atomic E-state index is -0.0824. The molecule has 2 rings (SSSR count). The highest BCUT2D eigenvalue weighted by Gasteiger charge is 2.08. The summed E-state index contributed by atoms with van der Waals surface area (Å²) in [4.78, 5) is 13.3. The molecule has 0 bridgehead atoms. The van der Waals surface area contributed by atoms with E-state index in [0.29, 0.717) is 5.56 Å². The number of benzene rings is 2. The van der Waals surface area contributed by atoms with Crippen LogP contribution in [-0.2, 0) is 5.33 Å². The van der Waals surface area contributed by atoms with Crippen LogP contribution in [0.4, 0.5) is 5.69 Å². The molecule has 0 aliphatic rings. The molecule has 0 unspecified atom stereocenters. The van der Waals surface area contributed by atoms with Gasteiger partial charge in [-0.3, -0.25) is 4.79 Å². The molecule has 0 radical (unpaired) electrons. The van der Waals surface area contributed by atoms with Crippen molar-refractivity contribution in [2.45, 2.75) is 10.2 Å². The number of rotatable bonds is 4. The van der Waals surface area contributed by atoms with Crippen LogP contribution >= 0.6 is 27.7 Å². The van der Waals surface area contributed by atoms with Crippen LogP contribution in [0.5, 0.6) is 0 Å². The molecule has 0 atom stereocenters. The zero-order valence-corrected chi connectivity index (χ0v) is 12.9. The number of hydrogen-bond donors (Lipinski definition) is 1. The van der Waals surface area contributed by atoms with Gasteiger partial charge in [0.25, 0.3) is 5.91 Å². The Morgan fingerprint density at radius 1 is 1.16 bits per heavy atom. The van der Waals surface area contributed by atoms with Crippen molar-refractivity contribution in [1.29, 1.82) is 0 Å². The van der Waals surface area contributed by atoms with Gasteiger partial charge >= 0.3 is 0 Å². The van der Waals surface area contributed by atoms with Gasteiger partial charge in [-0.15, -0.1) is 11.8 Å². The number of halogens is 1. The van der Waals surface area contributed by atoms with Crippen molar-refractivity contribution in [3.05, 3.63) is 59.7 Å². The Morgan fingerprint density at radius 3 is 2.47 bits per heavy atom. The number of hydrogen-bond acceptors (Lipinski definition) is 2. The van der Waals surface area contributed by atoms with E-state index in [1.165, 1.54) is 0 Å². The Balaban J connectivity index is 2.16. The average molecular weight is 336 g/mol. The van der Waals surface area contributed by atoms with Gasteiger partial charge in [0.1, 0.15) is 0 Å². The SMILES string of the molecule is CSc1ccc(C(=O)Nc2ccccc2CBr)cc1. The molecule has 2 nitrogen and oxygen atoms in total. The molecule has 98 valence electrons. The molecule has 4 heteroatoms. The summed E-state index contributed by atoms with van der Waals surface area (Å²) >= 11 is 5.08. The molecule has 2 aromatic rings. The third-order valence-corrected chi connectivity index (χ3v) is 4.11. The number of alkyl halides is 1. The maximum absolute atomic E-state index is 12.1. The maximum Gasteiger partial charge on any atom is 0.255 e. The Hall–Kier alpha value is -1.26. The highest BCUT2D eigenvalue weighted by Crippen LogP contribution is 2.20. The lowest BCUT2D eigenvalue weighted by Crippen LogP contribution is -2.12. The van der Waals surface area contributed by atoms with E-state index in [1.54, 1.807) is 11.8 Å². The first-order chi connectivity index (χ1) is 9.24. The minimum Gasteiger partial charge on any atom is -0.322 e. The van der Waals surface area contributed by atoms with E-state index in [4.69, 9.17) is 0 Å². The van der Waals surface area contributed by atoms with Gasteiger partial charge in [0.2, 0.25) is 0 Å². The first-order valence-corrected chi connectivity index (χ1v) is 8.18. The fraction of sp³-hybridized carbons (Fsp3) is 0.133.